The highest BCUT2D eigenvalue weighted by atomic mass is 16.6. The van der Waals surface area contributed by atoms with Crippen molar-refractivity contribution in [1.29, 1.82) is 0 Å². The van der Waals surface area contributed by atoms with E-state index in [1.165, 1.54) is 12.5 Å². The number of amides is 1. The molecule has 1 amide bonds. The van der Waals surface area contributed by atoms with Gasteiger partial charge in [0.05, 0.1) is 5.39 Å². The first-order valence-corrected chi connectivity index (χ1v) is 10.4. The number of fused-ring (bicyclic) bond motifs is 2. The first-order chi connectivity index (χ1) is 14.7. The molecule has 0 bridgehead atoms. The van der Waals surface area contributed by atoms with Crippen LogP contribution in [0.1, 0.15) is 32.6 Å². The maximum absolute atomic E-state index is 12.4. The third-order valence-electron chi connectivity index (χ3n) is 5.14. The second-order valence-electron chi connectivity index (χ2n) is 7.40. The van der Waals surface area contributed by atoms with Crippen LogP contribution in [0, 0.1) is 0 Å². The first-order valence-electron chi connectivity index (χ1n) is 10.4. The maximum atomic E-state index is 12.4. The second-order valence-corrected chi connectivity index (χ2v) is 7.40. The molecule has 0 saturated heterocycles. The highest BCUT2D eigenvalue weighted by Gasteiger charge is 2.27. The van der Waals surface area contributed by atoms with E-state index < -0.39 is 6.10 Å². The van der Waals surface area contributed by atoms with Crippen LogP contribution in [0.5, 0.6) is 11.5 Å². The lowest BCUT2D eigenvalue weighted by atomic mass is 10.1. The minimum absolute atomic E-state index is 0.0996. The standard InChI is InChI=1S/C24H25NO5/c1-2-3-4-7-12-25-24(27)23-15-28-22-13-16(10-11-20(22)30-23)21-14-18(26)17-8-5-6-9-19(17)29-21/h5-6,8-11,13-14,23H,2-4,7,12,15H2,1H3,(H,25,27). The summed E-state index contributed by atoms with van der Waals surface area (Å²) in [6, 6.07) is 13.9. The van der Waals surface area contributed by atoms with Gasteiger partial charge < -0.3 is 19.2 Å². The number of rotatable bonds is 7. The van der Waals surface area contributed by atoms with Gasteiger partial charge in [0.15, 0.2) is 16.9 Å². The molecule has 2 aromatic carbocycles. The molecule has 30 heavy (non-hydrogen) atoms. The van der Waals surface area contributed by atoms with Gasteiger partial charge in [0, 0.05) is 18.2 Å². The van der Waals surface area contributed by atoms with Crippen molar-refractivity contribution in [1.82, 2.24) is 5.32 Å². The van der Waals surface area contributed by atoms with Crippen LogP contribution in [0.4, 0.5) is 0 Å². The van der Waals surface area contributed by atoms with E-state index in [1.807, 2.05) is 6.07 Å². The molecule has 0 fully saturated rings. The Kier molecular flexibility index (Phi) is 6.02. The van der Waals surface area contributed by atoms with Crippen LogP contribution in [-0.2, 0) is 4.79 Å². The fourth-order valence-corrected chi connectivity index (χ4v) is 3.48. The molecule has 0 saturated carbocycles. The zero-order chi connectivity index (χ0) is 20.9. The van der Waals surface area contributed by atoms with Crippen molar-refractivity contribution >= 4 is 16.9 Å². The molecule has 1 N–H and O–H groups in total. The van der Waals surface area contributed by atoms with Gasteiger partial charge in [-0.15, -0.1) is 0 Å². The highest BCUT2D eigenvalue weighted by molar-refractivity contribution is 5.82. The Bertz CT molecular complexity index is 1100. The molecule has 2 heterocycles. The maximum Gasteiger partial charge on any atom is 0.264 e. The third kappa shape index (κ3) is 4.32. The van der Waals surface area contributed by atoms with Crippen molar-refractivity contribution in [2.24, 2.45) is 0 Å². The summed E-state index contributed by atoms with van der Waals surface area (Å²) in [7, 11) is 0. The molecular weight excluding hydrogens is 382 g/mol. The van der Waals surface area contributed by atoms with Gasteiger partial charge in [0.1, 0.15) is 18.0 Å². The number of hydrogen-bond acceptors (Lipinski definition) is 5. The van der Waals surface area contributed by atoms with Crippen LogP contribution in [0.3, 0.4) is 0 Å². The number of carbonyl (C=O) groups is 1. The van der Waals surface area contributed by atoms with E-state index in [9.17, 15) is 9.59 Å². The Morgan fingerprint density at radius 2 is 1.93 bits per heavy atom. The average molecular weight is 407 g/mol. The van der Waals surface area contributed by atoms with Crippen LogP contribution < -0.4 is 20.2 Å². The lowest BCUT2D eigenvalue weighted by Crippen LogP contribution is -2.44. The molecule has 0 radical (unpaired) electrons. The van der Waals surface area contributed by atoms with E-state index in [1.54, 1.807) is 36.4 Å². The van der Waals surface area contributed by atoms with Crippen LogP contribution in [-0.4, -0.2) is 25.2 Å². The number of ether oxygens (including phenoxy) is 2. The molecule has 1 atom stereocenters. The molecule has 3 aromatic rings. The summed E-state index contributed by atoms with van der Waals surface area (Å²) >= 11 is 0. The van der Waals surface area contributed by atoms with Crippen molar-refractivity contribution in [3.8, 4) is 22.8 Å². The first kappa shape index (κ1) is 20.0. The van der Waals surface area contributed by atoms with Crippen molar-refractivity contribution in [3.63, 3.8) is 0 Å². The molecule has 156 valence electrons. The number of carbonyl (C=O) groups excluding carboxylic acids is 1. The largest absolute Gasteiger partial charge is 0.485 e. The van der Waals surface area contributed by atoms with Crippen molar-refractivity contribution in [2.75, 3.05) is 13.2 Å². The van der Waals surface area contributed by atoms with Crippen LogP contribution in [0.2, 0.25) is 0 Å². The normalized spacial score (nSPS) is 15.2. The van der Waals surface area contributed by atoms with Crippen molar-refractivity contribution in [2.45, 2.75) is 38.7 Å². The van der Waals surface area contributed by atoms with Crippen LogP contribution >= 0.6 is 0 Å². The minimum atomic E-state index is -0.673. The zero-order valence-electron chi connectivity index (χ0n) is 17.0. The predicted molar refractivity (Wildman–Crippen MR) is 115 cm³/mol. The number of unbranched alkanes of at least 4 members (excludes halogenated alkanes) is 3. The molecule has 6 heteroatoms. The fraction of sp³-hybridized carbons (Fsp3) is 0.333. The molecule has 1 aromatic heterocycles. The number of benzene rings is 2. The van der Waals surface area contributed by atoms with E-state index in [0.717, 1.165) is 19.3 Å². The molecule has 1 aliphatic rings. The van der Waals surface area contributed by atoms with Gasteiger partial charge >= 0.3 is 0 Å². The lowest BCUT2D eigenvalue weighted by Gasteiger charge is -2.26. The summed E-state index contributed by atoms with van der Waals surface area (Å²) in [4.78, 5) is 24.7. The van der Waals surface area contributed by atoms with Gasteiger partial charge in [-0.25, -0.2) is 0 Å². The quantitative estimate of drug-likeness (QED) is 0.591. The Morgan fingerprint density at radius 1 is 1.07 bits per heavy atom. The molecule has 1 aliphatic heterocycles. The molecule has 0 aliphatic carbocycles. The van der Waals surface area contributed by atoms with E-state index in [-0.39, 0.29) is 17.9 Å². The van der Waals surface area contributed by atoms with Crippen LogP contribution in [0.15, 0.2) is 57.7 Å². The lowest BCUT2D eigenvalue weighted by molar-refractivity contribution is -0.130. The highest BCUT2D eigenvalue weighted by Crippen LogP contribution is 2.36. The van der Waals surface area contributed by atoms with Gasteiger partial charge in [0.25, 0.3) is 5.91 Å². The third-order valence-corrected chi connectivity index (χ3v) is 5.14. The molecule has 1 unspecified atom stereocenters. The Morgan fingerprint density at radius 3 is 2.80 bits per heavy atom. The Labute approximate surface area is 174 Å². The van der Waals surface area contributed by atoms with Crippen molar-refractivity contribution < 1.29 is 18.7 Å². The van der Waals surface area contributed by atoms with Crippen LogP contribution in [0.25, 0.3) is 22.3 Å². The van der Waals surface area contributed by atoms with E-state index in [2.05, 4.69) is 12.2 Å². The van der Waals surface area contributed by atoms with Gasteiger partial charge in [-0.3, -0.25) is 9.59 Å². The SMILES string of the molecule is CCCCCCNC(=O)C1COc2cc(-c3cc(=O)c4ccccc4o3)ccc2O1. The van der Waals surface area contributed by atoms with E-state index >= 15 is 0 Å². The molecule has 0 spiro atoms. The summed E-state index contributed by atoms with van der Waals surface area (Å²) in [5, 5.41) is 3.45. The summed E-state index contributed by atoms with van der Waals surface area (Å²) in [6.07, 6.45) is 3.73. The summed E-state index contributed by atoms with van der Waals surface area (Å²) in [5.41, 5.74) is 1.14. The van der Waals surface area contributed by atoms with Gasteiger partial charge in [-0.1, -0.05) is 38.3 Å². The van der Waals surface area contributed by atoms with Crippen molar-refractivity contribution in [3.05, 3.63) is 58.8 Å². The number of hydrogen-bond donors (Lipinski definition) is 1. The molecule has 4 rings (SSSR count). The summed E-state index contributed by atoms with van der Waals surface area (Å²) < 4.78 is 17.5. The van der Waals surface area contributed by atoms with Gasteiger partial charge in [-0.05, 0) is 36.8 Å². The Balaban J connectivity index is 1.46. The zero-order valence-corrected chi connectivity index (χ0v) is 17.0. The molecular formula is C24H25NO5. The summed E-state index contributed by atoms with van der Waals surface area (Å²) in [5.74, 6) is 1.31. The minimum Gasteiger partial charge on any atom is -0.485 e. The fourth-order valence-electron chi connectivity index (χ4n) is 3.48. The second kappa shape index (κ2) is 9.03. The van der Waals surface area contributed by atoms with E-state index in [4.69, 9.17) is 13.9 Å². The Hall–Kier alpha value is -3.28. The number of para-hydroxylation sites is 1. The van der Waals surface area contributed by atoms with Gasteiger partial charge in [0.2, 0.25) is 6.10 Å². The topological polar surface area (TPSA) is 77.8 Å². The predicted octanol–water partition coefficient (Wildman–Crippen LogP) is 4.30. The van der Waals surface area contributed by atoms with E-state index in [0.29, 0.717) is 40.3 Å². The number of nitrogens with one attached hydrogen (secondary N) is 1. The smallest absolute Gasteiger partial charge is 0.264 e. The summed E-state index contributed by atoms with van der Waals surface area (Å²) in [6.45, 7) is 2.94. The average Bonchev–Trinajstić information content (AvgIpc) is 2.78. The van der Waals surface area contributed by atoms with Gasteiger partial charge in [-0.2, -0.15) is 0 Å². The molecule has 6 nitrogen and oxygen atoms in total. The monoisotopic (exact) mass is 407 g/mol.